The van der Waals surface area contributed by atoms with Crippen LogP contribution in [0.4, 0.5) is 0 Å². The monoisotopic (exact) mass is 441 g/mol. The normalized spacial score (nSPS) is 13.7. The molecule has 0 bridgehead atoms. The number of allylic oxidation sites excluding steroid dienone is 4. The van der Waals surface area contributed by atoms with Crippen LogP contribution in [0.3, 0.4) is 0 Å². The average Bonchev–Trinajstić information content (AvgIpc) is 3.39. The van der Waals surface area contributed by atoms with Crippen LogP contribution in [-0.4, -0.2) is 4.57 Å². The summed E-state index contributed by atoms with van der Waals surface area (Å²) in [5.41, 5.74) is 1.44. The number of hydrogen-bond acceptors (Lipinski definition) is 0. The molecule has 1 aromatic heterocycles. The van der Waals surface area contributed by atoms with E-state index in [4.69, 9.17) is 18.6 Å². The molecule has 142 valence electrons. The predicted octanol–water partition coefficient (Wildman–Crippen LogP) is 7.82. The van der Waals surface area contributed by atoms with Gasteiger partial charge in [0.25, 0.3) is 0 Å². The third kappa shape index (κ3) is 5.46. The van der Waals surface area contributed by atoms with Crippen LogP contribution < -0.4 is 0 Å². The predicted molar refractivity (Wildman–Crippen MR) is 119 cm³/mol. The second-order valence-electron chi connectivity index (χ2n) is 7.10. The molecule has 0 N–H and O–H groups in total. The quantitative estimate of drug-likeness (QED) is 0.209. The van der Waals surface area contributed by atoms with E-state index in [0.717, 1.165) is 0 Å². The molecule has 3 aromatic carbocycles. The van der Waals surface area contributed by atoms with Crippen molar-refractivity contribution in [2.75, 3.05) is 0 Å². The molecular weight excluding hydrogens is 421 g/mol. The van der Waals surface area contributed by atoms with Crippen LogP contribution in [0.1, 0.15) is 13.8 Å². The van der Waals surface area contributed by atoms with Gasteiger partial charge in [-0.2, -0.15) is 6.08 Å². The number of hydrogen-bond donors (Lipinski definition) is 0. The van der Waals surface area contributed by atoms with Crippen LogP contribution >= 0.6 is 18.6 Å². The van der Waals surface area contributed by atoms with Crippen molar-refractivity contribution in [1.29, 1.82) is 0 Å². The maximum atomic E-state index is 4.89. The number of aromatic nitrogens is 1. The Hall–Kier alpha value is -1.64. The summed E-state index contributed by atoms with van der Waals surface area (Å²) in [5, 5.41) is 5.15. The molecule has 4 aromatic rings. The summed E-state index contributed by atoms with van der Waals surface area (Å²) in [4.78, 5) is 0. The number of nitrogens with zero attached hydrogens (tertiary/aromatic N) is 1. The molecule has 28 heavy (non-hydrogen) atoms. The summed E-state index contributed by atoms with van der Waals surface area (Å²) >= 11 is -0.556. The fourth-order valence-electron chi connectivity index (χ4n) is 3.11. The van der Waals surface area contributed by atoms with Crippen LogP contribution in [0.2, 0.25) is 0 Å². The zero-order valence-electron chi connectivity index (χ0n) is 15.9. The first kappa shape index (κ1) is 21.1. The van der Waals surface area contributed by atoms with E-state index in [1.807, 2.05) is 12.2 Å². The van der Waals surface area contributed by atoms with Crippen LogP contribution in [0.5, 0.6) is 0 Å². The van der Waals surface area contributed by atoms with Gasteiger partial charge in [0, 0.05) is 12.4 Å². The van der Waals surface area contributed by atoms with Gasteiger partial charge in [-0.05, 0) is 16.5 Å². The van der Waals surface area contributed by atoms with E-state index >= 15 is 0 Å². The maximum Gasteiger partial charge on any atom is 0.0149 e. The zero-order chi connectivity index (χ0) is 20.0. The smallest absolute Gasteiger partial charge is 0.0149 e. The molecule has 1 aliphatic rings. The molecule has 1 nitrogen and oxygen atoms in total. The number of halogens is 2. The van der Waals surface area contributed by atoms with Crippen molar-refractivity contribution in [3.05, 3.63) is 97.4 Å². The van der Waals surface area contributed by atoms with Crippen molar-refractivity contribution in [3.63, 3.8) is 0 Å². The summed E-state index contributed by atoms with van der Waals surface area (Å²) in [6, 6.07) is 21.4. The molecule has 0 saturated carbocycles. The largest absolute Gasteiger partial charge is 0.341 e. The van der Waals surface area contributed by atoms with Gasteiger partial charge in [0.15, 0.2) is 0 Å². The molecule has 0 amide bonds. The van der Waals surface area contributed by atoms with Crippen molar-refractivity contribution in [1.82, 2.24) is 4.57 Å². The van der Waals surface area contributed by atoms with Gasteiger partial charge < -0.3 is 4.57 Å². The molecule has 0 radical (unpaired) electrons. The van der Waals surface area contributed by atoms with Crippen molar-refractivity contribution < 1.29 is 17.0 Å². The van der Waals surface area contributed by atoms with Gasteiger partial charge in [-0.15, -0.1) is 41.1 Å². The Balaban J connectivity index is 0.000000188. The van der Waals surface area contributed by atoms with E-state index in [-0.39, 0.29) is 5.41 Å². The Bertz CT molecular complexity index is 950. The molecule has 0 saturated heterocycles. The summed E-state index contributed by atoms with van der Waals surface area (Å²) in [7, 11) is 9.78. The summed E-state index contributed by atoms with van der Waals surface area (Å²) < 4.78 is 2.20. The van der Waals surface area contributed by atoms with E-state index in [1.165, 1.54) is 27.2 Å². The second kappa shape index (κ2) is 9.72. The van der Waals surface area contributed by atoms with Gasteiger partial charge in [0.1, 0.15) is 0 Å². The molecular formula is C24H21Cl2NTi-2. The van der Waals surface area contributed by atoms with Gasteiger partial charge in [-0.1, -0.05) is 49.6 Å². The maximum absolute atomic E-state index is 4.89. The first-order valence-corrected chi connectivity index (χ1v) is 13.3. The summed E-state index contributed by atoms with van der Waals surface area (Å²) in [5.74, 6) is 0. The molecule has 0 spiro atoms. The van der Waals surface area contributed by atoms with Crippen LogP contribution in [-0.2, 0) is 17.0 Å². The molecule has 0 aliphatic heterocycles. The van der Waals surface area contributed by atoms with Crippen molar-refractivity contribution >= 4 is 40.2 Å². The zero-order valence-corrected chi connectivity index (χ0v) is 18.9. The molecule has 4 heteroatoms. The molecule has 1 heterocycles. The Labute approximate surface area is 183 Å². The summed E-state index contributed by atoms with van der Waals surface area (Å²) in [6.45, 7) is 4.26. The topological polar surface area (TPSA) is 4.93 Å². The molecule has 5 rings (SSSR count). The molecule has 0 unspecified atom stereocenters. The molecule has 1 aliphatic carbocycles. The van der Waals surface area contributed by atoms with Gasteiger partial charge in [0.2, 0.25) is 0 Å². The van der Waals surface area contributed by atoms with Crippen molar-refractivity contribution in [3.8, 4) is 5.69 Å². The minimum atomic E-state index is -0.556. The van der Waals surface area contributed by atoms with Crippen LogP contribution in [0.25, 0.3) is 27.2 Å². The number of fused-ring (bicyclic) bond motifs is 2. The number of benzene rings is 2. The van der Waals surface area contributed by atoms with Crippen molar-refractivity contribution in [2.45, 2.75) is 13.8 Å². The van der Waals surface area contributed by atoms with E-state index in [0.29, 0.717) is 0 Å². The minimum Gasteiger partial charge on any atom is -0.341 e. The fraction of sp³-hybridized carbons (Fsp3) is 0.125. The van der Waals surface area contributed by atoms with E-state index in [1.54, 1.807) is 0 Å². The third-order valence-electron chi connectivity index (χ3n) is 4.52. The van der Waals surface area contributed by atoms with E-state index in [9.17, 15) is 0 Å². The Morgan fingerprint density at radius 1 is 0.929 bits per heavy atom. The summed E-state index contributed by atoms with van der Waals surface area (Å²) in [6.07, 6.45) is 13.6. The van der Waals surface area contributed by atoms with Gasteiger partial charge >= 0.3 is 35.6 Å². The molecule has 0 atom stereocenters. The average molecular weight is 442 g/mol. The van der Waals surface area contributed by atoms with Crippen LogP contribution in [0.15, 0.2) is 91.3 Å². The van der Waals surface area contributed by atoms with E-state index in [2.05, 4.69) is 104 Å². The Morgan fingerprint density at radius 3 is 1.96 bits per heavy atom. The van der Waals surface area contributed by atoms with Gasteiger partial charge in [-0.3, -0.25) is 6.08 Å². The Morgan fingerprint density at radius 2 is 1.50 bits per heavy atom. The molecule has 0 fully saturated rings. The fourth-order valence-corrected chi connectivity index (χ4v) is 3.11. The van der Waals surface area contributed by atoms with Gasteiger partial charge in [0.05, 0.1) is 0 Å². The first-order valence-electron chi connectivity index (χ1n) is 9.00. The van der Waals surface area contributed by atoms with Crippen LogP contribution in [0, 0.1) is 11.5 Å². The first-order chi connectivity index (χ1) is 13.5. The standard InChI is InChI=1S/C17H12N.C7H9.2ClH.Ti/c1-2-6-14-10-17(9-13(14)5-1)18-11-15-7-3-4-8-16(15)12-18;1-7(2)5-3-4-6-7;;;/h1-12H;3-5H,1-2H3;2*1H;/q2*-1;;;+2/p-2. The number of rotatable bonds is 1. The van der Waals surface area contributed by atoms with Crippen molar-refractivity contribution in [2.24, 2.45) is 5.41 Å². The Kier molecular flexibility index (Phi) is 7.32. The van der Waals surface area contributed by atoms with Gasteiger partial charge in [-0.25, -0.2) is 12.2 Å². The minimum absolute atomic E-state index is 0.208. The van der Waals surface area contributed by atoms with E-state index < -0.39 is 17.0 Å². The SMILES string of the molecule is CC1(C)[C-]=CC=C1.[Cl][Ti][Cl].c1ccc2cn(-c3cc4ccccc4[cH-]3)cc2c1. The third-order valence-corrected chi connectivity index (χ3v) is 4.52. The second-order valence-corrected chi connectivity index (χ2v) is 9.68.